The molecule has 2 heterocycles. The van der Waals surface area contributed by atoms with Crippen LogP contribution in [0.15, 0.2) is 23.4 Å². The van der Waals surface area contributed by atoms with Gasteiger partial charge in [0, 0.05) is 26.4 Å². The summed E-state index contributed by atoms with van der Waals surface area (Å²) in [5.74, 6) is 0.345. The highest BCUT2D eigenvalue weighted by molar-refractivity contribution is 7.89. The fourth-order valence-electron chi connectivity index (χ4n) is 2.27. The second-order valence-electron chi connectivity index (χ2n) is 4.80. The Morgan fingerprint density at radius 1 is 1.53 bits per heavy atom. The lowest BCUT2D eigenvalue weighted by molar-refractivity contribution is 0.0183. The first-order valence-electron chi connectivity index (χ1n) is 6.20. The molecular formula is C12H19N3O3S. The Morgan fingerprint density at radius 2 is 2.26 bits per heavy atom. The number of hydrogen-bond donors (Lipinski definition) is 1. The smallest absolute Gasteiger partial charge is 0.262 e. The number of piperidine rings is 1. The second kappa shape index (κ2) is 5.44. The Kier molecular flexibility index (Phi) is 4.07. The number of rotatable bonds is 3. The Bertz CT molecular complexity index is 547. The molecule has 1 fully saturated rings. The van der Waals surface area contributed by atoms with E-state index in [1.165, 1.54) is 10.5 Å². The van der Waals surface area contributed by atoms with Gasteiger partial charge in [-0.15, -0.1) is 0 Å². The summed E-state index contributed by atoms with van der Waals surface area (Å²) in [6.07, 6.45) is 2.11. The predicted octanol–water partition coefficient (Wildman–Crippen LogP) is 0.709. The van der Waals surface area contributed by atoms with E-state index in [0.717, 1.165) is 6.42 Å². The molecule has 2 N–H and O–H groups in total. The summed E-state index contributed by atoms with van der Waals surface area (Å²) in [4.78, 5) is 3.90. The molecule has 2 rings (SSSR count). The van der Waals surface area contributed by atoms with Gasteiger partial charge in [0.05, 0.1) is 11.8 Å². The highest BCUT2D eigenvalue weighted by Gasteiger charge is 2.35. The minimum atomic E-state index is -3.64. The van der Waals surface area contributed by atoms with Gasteiger partial charge in [-0.3, -0.25) is 0 Å². The van der Waals surface area contributed by atoms with Crippen molar-refractivity contribution in [2.45, 2.75) is 24.5 Å². The minimum absolute atomic E-state index is 0.0700. The molecule has 1 aromatic rings. The standard InChI is InChI=1S/C12H19N3O3S/c1-9-5-7-15(8-11(9)18-2)19(16,17)12-10(13)4-3-6-14-12/h3-4,6,9,11H,5,7-8,13H2,1-2H3. The van der Waals surface area contributed by atoms with Crippen molar-refractivity contribution in [2.24, 2.45) is 5.92 Å². The number of ether oxygens (including phenoxy) is 1. The van der Waals surface area contributed by atoms with Crippen LogP contribution in [0.3, 0.4) is 0 Å². The fourth-order valence-corrected chi connectivity index (χ4v) is 3.77. The van der Waals surface area contributed by atoms with Gasteiger partial charge >= 0.3 is 0 Å². The van der Waals surface area contributed by atoms with Crippen molar-refractivity contribution in [3.8, 4) is 0 Å². The summed E-state index contributed by atoms with van der Waals surface area (Å²) >= 11 is 0. The fraction of sp³-hybridized carbons (Fsp3) is 0.583. The van der Waals surface area contributed by atoms with Crippen LogP contribution in [0, 0.1) is 5.92 Å². The number of hydrogen-bond acceptors (Lipinski definition) is 5. The molecule has 0 radical (unpaired) electrons. The molecule has 0 aromatic carbocycles. The van der Waals surface area contributed by atoms with Crippen molar-refractivity contribution >= 4 is 15.7 Å². The van der Waals surface area contributed by atoms with Crippen LogP contribution in [0.1, 0.15) is 13.3 Å². The summed E-state index contributed by atoms with van der Waals surface area (Å²) in [7, 11) is -2.04. The maximum Gasteiger partial charge on any atom is 0.262 e. The predicted molar refractivity (Wildman–Crippen MR) is 72.0 cm³/mol. The van der Waals surface area contributed by atoms with E-state index in [0.29, 0.717) is 19.0 Å². The first-order chi connectivity index (χ1) is 8.96. The molecule has 0 spiro atoms. The summed E-state index contributed by atoms with van der Waals surface area (Å²) < 4.78 is 31.7. The van der Waals surface area contributed by atoms with E-state index in [2.05, 4.69) is 11.9 Å². The maximum absolute atomic E-state index is 12.5. The molecule has 19 heavy (non-hydrogen) atoms. The second-order valence-corrected chi connectivity index (χ2v) is 6.65. The average Bonchev–Trinajstić information content (AvgIpc) is 2.39. The Morgan fingerprint density at radius 3 is 2.89 bits per heavy atom. The number of pyridine rings is 1. The van der Waals surface area contributed by atoms with Gasteiger partial charge in [-0.2, -0.15) is 4.31 Å². The van der Waals surface area contributed by atoms with Crippen molar-refractivity contribution in [3.05, 3.63) is 18.3 Å². The van der Waals surface area contributed by atoms with Gasteiger partial charge in [0.25, 0.3) is 10.0 Å². The van der Waals surface area contributed by atoms with Crippen LogP contribution in [0.4, 0.5) is 5.69 Å². The first kappa shape index (κ1) is 14.2. The SMILES string of the molecule is COC1CN(S(=O)(=O)c2ncccc2N)CCC1C. The van der Waals surface area contributed by atoms with Gasteiger partial charge in [-0.25, -0.2) is 13.4 Å². The third kappa shape index (κ3) is 2.72. The lowest BCUT2D eigenvalue weighted by Gasteiger charge is -2.35. The van der Waals surface area contributed by atoms with E-state index in [9.17, 15) is 8.42 Å². The summed E-state index contributed by atoms with van der Waals surface area (Å²) in [6, 6.07) is 3.16. The van der Waals surface area contributed by atoms with Gasteiger partial charge in [0.15, 0.2) is 5.03 Å². The zero-order valence-corrected chi connectivity index (χ0v) is 11.9. The van der Waals surface area contributed by atoms with Crippen LogP contribution in [-0.4, -0.2) is 44.0 Å². The van der Waals surface area contributed by atoms with E-state index in [-0.39, 0.29) is 16.8 Å². The van der Waals surface area contributed by atoms with Gasteiger partial charge in [0.2, 0.25) is 0 Å². The topological polar surface area (TPSA) is 85.5 Å². The van der Waals surface area contributed by atoms with Crippen LogP contribution in [0.2, 0.25) is 0 Å². The molecule has 1 aliphatic rings. The van der Waals surface area contributed by atoms with Crippen molar-refractivity contribution in [2.75, 3.05) is 25.9 Å². The molecule has 6 nitrogen and oxygen atoms in total. The zero-order valence-electron chi connectivity index (χ0n) is 11.1. The number of nitrogen functional groups attached to an aromatic ring is 1. The van der Waals surface area contributed by atoms with Gasteiger partial charge in [-0.1, -0.05) is 6.92 Å². The molecule has 0 saturated carbocycles. The lowest BCUT2D eigenvalue weighted by Crippen LogP contribution is -2.46. The normalized spacial score (nSPS) is 25.4. The minimum Gasteiger partial charge on any atom is -0.396 e. The molecule has 0 bridgehead atoms. The Hall–Kier alpha value is -1.18. The Balaban J connectivity index is 2.28. The molecule has 7 heteroatoms. The monoisotopic (exact) mass is 285 g/mol. The molecule has 106 valence electrons. The maximum atomic E-state index is 12.5. The summed E-state index contributed by atoms with van der Waals surface area (Å²) in [5, 5.41) is -0.0700. The Labute approximate surface area is 113 Å². The van der Waals surface area contributed by atoms with Crippen LogP contribution in [-0.2, 0) is 14.8 Å². The molecule has 2 atom stereocenters. The molecule has 0 aliphatic carbocycles. The number of nitrogens with zero attached hydrogens (tertiary/aromatic N) is 2. The highest BCUT2D eigenvalue weighted by atomic mass is 32.2. The van der Waals surface area contributed by atoms with Crippen molar-refractivity contribution in [1.82, 2.24) is 9.29 Å². The molecule has 1 aliphatic heterocycles. The van der Waals surface area contributed by atoms with Crippen molar-refractivity contribution < 1.29 is 13.2 Å². The molecule has 1 saturated heterocycles. The third-order valence-electron chi connectivity index (χ3n) is 3.54. The lowest BCUT2D eigenvalue weighted by atomic mass is 9.97. The van der Waals surface area contributed by atoms with Crippen LogP contribution in [0.5, 0.6) is 0 Å². The third-order valence-corrected chi connectivity index (χ3v) is 5.38. The highest BCUT2D eigenvalue weighted by Crippen LogP contribution is 2.26. The van der Waals surface area contributed by atoms with Gasteiger partial charge in [0.1, 0.15) is 0 Å². The van der Waals surface area contributed by atoms with Gasteiger partial charge < -0.3 is 10.5 Å². The zero-order chi connectivity index (χ0) is 14.0. The number of sulfonamides is 1. The summed E-state index contributed by atoms with van der Waals surface area (Å²) in [6.45, 7) is 2.88. The molecule has 2 unspecified atom stereocenters. The van der Waals surface area contributed by atoms with Gasteiger partial charge in [-0.05, 0) is 24.5 Å². The number of methoxy groups -OCH3 is 1. The average molecular weight is 285 g/mol. The molecular weight excluding hydrogens is 266 g/mol. The summed E-state index contributed by atoms with van der Waals surface area (Å²) in [5.41, 5.74) is 5.88. The van der Waals surface area contributed by atoms with E-state index in [4.69, 9.17) is 10.5 Å². The van der Waals surface area contributed by atoms with Crippen LogP contribution >= 0.6 is 0 Å². The quantitative estimate of drug-likeness (QED) is 0.884. The van der Waals surface area contributed by atoms with Crippen molar-refractivity contribution in [1.29, 1.82) is 0 Å². The van der Waals surface area contributed by atoms with E-state index < -0.39 is 10.0 Å². The van der Waals surface area contributed by atoms with E-state index in [1.54, 1.807) is 19.2 Å². The van der Waals surface area contributed by atoms with E-state index in [1.807, 2.05) is 0 Å². The number of nitrogens with two attached hydrogens (primary N) is 1. The number of anilines is 1. The van der Waals surface area contributed by atoms with Crippen LogP contribution in [0.25, 0.3) is 0 Å². The van der Waals surface area contributed by atoms with Crippen LogP contribution < -0.4 is 5.73 Å². The van der Waals surface area contributed by atoms with E-state index >= 15 is 0 Å². The number of aromatic nitrogens is 1. The largest absolute Gasteiger partial charge is 0.396 e. The first-order valence-corrected chi connectivity index (χ1v) is 7.64. The molecule has 0 amide bonds. The molecule has 1 aromatic heterocycles. The van der Waals surface area contributed by atoms with Crippen molar-refractivity contribution in [3.63, 3.8) is 0 Å².